The first-order valence-corrected chi connectivity index (χ1v) is 10.1. The molecule has 0 aliphatic heterocycles. The summed E-state index contributed by atoms with van der Waals surface area (Å²) in [5, 5.41) is 12.4. The highest BCUT2D eigenvalue weighted by molar-refractivity contribution is 5.79. The quantitative estimate of drug-likeness (QED) is 0.340. The average Bonchev–Trinajstić information content (AvgIpc) is 2.66. The Kier molecular flexibility index (Phi) is 14.6. The predicted molar refractivity (Wildman–Crippen MR) is 120 cm³/mol. The van der Waals surface area contributed by atoms with E-state index in [1.54, 1.807) is 18.3 Å². The van der Waals surface area contributed by atoms with Gasteiger partial charge in [0.25, 0.3) is 0 Å². The zero-order valence-electron chi connectivity index (χ0n) is 17.8. The van der Waals surface area contributed by atoms with Gasteiger partial charge in [-0.15, -0.1) is 0 Å². The summed E-state index contributed by atoms with van der Waals surface area (Å²) in [5.74, 6) is 5.95. The topological polar surface area (TPSA) is 58.6 Å². The average molecular weight is 371 g/mol. The Bertz CT molecular complexity index is 599. The zero-order valence-corrected chi connectivity index (χ0v) is 17.8. The molecule has 0 bridgehead atoms. The monoisotopic (exact) mass is 370 g/mol. The molecule has 0 radical (unpaired) electrons. The predicted octanol–water partition coefficient (Wildman–Crippen LogP) is 6.64. The summed E-state index contributed by atoms with van der Waals surface area (Å²) in [6.07, 6.45) is 7.97. The molecule has 0 fully saturated rings. The Morgan fingerprint density at radius 3 is 1.81 bits per heavy atom. The van der Waals surface area contributed by atoms with Crippen molar-refractivity contribution in [2.75, 3.05) is 0 Å². The smallest absolute Gasteiger partial charge is 0.115 e. The molecule has 0 saturated carbocycles. The van der Waals surface area contributed by atoms with Crippen molar-refractivity contribution in [3.63, 3.8) is 0 Å². The summed E-state index contributed by atoms with van der Waals surface area (Å²) in [4.78, 5) is 0. The van der Waals surface area contributed by atoms with Crippen molar-refractivity contribution in [2.45, 2.75) is 72.6 Å². The molecule has 2 rings (SSSR count). The lowest BCUT2D eigenvalue weighted by molar-refractivity contribution is 0.475. The second-order valence-corrected chi connectivity index (χ2v) is 6.87. The first-order valence-electron chi connectivity index (χ1n) is 10.1. The van der Waals surface area contributed by atoms with Crippen molar-refractivity contribution in [3.8, 4) is 5.75 Å². The molecular formula is C24H38N2O. The lowest BCUT2D eigenvalue weighted by atomic mass is 10.0. The summed E-state index contributed by atoms with van der Waals surface area (Å²) in [5.41, 5.74) is 3.67. The Labute approximate surface area is 166 Å². The lowest BCUT2D eigenvalue weighted by Crippen LogP contribution is -1.89. The second-order valence-electron chi connectivity index (χ2n) is 6.87. The standard InChI is InChI=1S/C10H14N2.C9H12O.C5H12/c1-8(2)10-5-3-9(4-6-10)7-12-11;1-2-3-8-4-6-9(10)7-5-8;1-3-5-4-2/h3-8H,11H2,1-2H3;4-7,10H,2-3H2,1H3;3-5H2,1-2H3/b12-7+;;. The fourth-order valence-electron chi connectivity index (χ4n) is 2.36. The van der Waals surface area contributed by atoms with Gasteiger partial charge in [-0.1, -0.05) is 96.7 Å². The summed E-state index contributed by atoms with van der Waals surface area (Å²) in [7, 11) is 0. The molecule has 0 heterocycles. The first-order chi connectivity index (χ1) is 13.0. The van der Waals surface area contributed by atoms with E-state index in [1.165, 1.54) is 30.4 Å². The number of aryl methyl sites for hydroxylation is 1. The molecule has 2 aromatic rings. The highest BCUT2D eigenvalue weighted by Gasteiger charge is 1.96. The van der Waals surface area contributed by atoms with Crippen LogP contribution in [0.5, 0.6) is 5.75 Å². The Morgan fingerprint density at radius 1 is 0.889 bits per heavy atom. The minimum Gasteiger partial charge on any atom is -0.508 e. The van der Waals surface area contributed by atoms with Crippen LogP contribution in [0.2, 0.25) is 0 Å². The van der Waals surface area contributed by atoms with Crippen LogP contribution in [0, 0.1) is 0 Å². The third-order valence-corrected chi connectivity index (χ3v) is 4.01. The van der Waals surface area contributed by atoms with Gasteiger partial charge >= 0.3 is 0 Å². The number of unbranched alkanes of at least 4 members (excludes halogenated alkanes) is 2. The molecule has 0 aliphatic rings. The fraction of sp³-hybridized carbons (Fsp3) is 0.458. The van der Waals surface area contributed by atoms with E-state index >= 15 is 0 Å². The molecule has 3 nitrogen and oxygen atoms in total. The highest BCUT2D eigenvalue weighted by atomic mass is 16.3. The maximum Gasteiger partial charge on any atom is 0.115 e. The molecular weight excluding hydrogens is 332 g/mol. The maximum atomic E-state index is 8.92. The minimum atomic E-state index is 0.347. The van der Waals surface area contributed by atoms with Gasteiger partial charge in [-0.3, -0.25) is 0 Å². The number of hydrazone groups is 1. The molecule has 0 saturated heterocycles. The Balaban J connectivity index is 0.000000408. The summed E-state index contributed by atoms with van der Waals surface area (Å²) < 4.78 is 0. The van der Waals surface area contributed by atoms with E-state index in [1.807, 2.05) is 24.3 Å². The first kappa shape index (κ1) is 24.7. The zero-order chi connectivity index (χ0) is 20.5. The molecule has 150 valence electrons. The molecule has 0 amide bonds. The molecule has 0 unspecified atom stereocenters. The molecule has 0 atom stereocenters. The summed E-state index contributed by atoms with van der Waals surface area (Å²) in [6, 6.07) is 15.6. The van der Waals surface area contributed by atoms with Crippen LogP contribution in [0.15, 0.2) is 53.6 Å². The third-order valence-electron chi connectivity index (χ3n) is 4.01. The summed E-state index contributed by atoms with van der Waals surface area (Å²) >= 11 is 0. The molecule has 3 heteroatoms. The molecule has 0 aliphatic carbocycles. The fourth-order valence-corrected chi connectivity index (χ4v) is 2.36. The van der Waals surface area contributed by atoms with Gasteiger partial charge in [0, 0.05) is 0 Å². The summed E-state index contributed by atoms with van der Waals surface area (Å²) in [6.45, 7) is 10.9. The number of hydrogen-bond donors (Lipinski definition) is 2. The van der Waals surface area contributed by atoms with Crippen LogP contribution in [0.25, 0.3) is 0 Å². The van der Waals surface area contributed by atoms with Crippen molar-refractivity contribution in [2.24, 2.45) is 10.9 Å². The van der Waals surface area contributed by atoms with Gasteiger partial charge in [0.05, 0.1) is 6.21 Å². The number of aromatic hydroxyl groups is 1. The molecule has 0 aromatic heterocycles. The van der Waals surface area contributed by atoms with Crippen LogP contribution in [0.3, 0.4) is 0 Å². The number of nitrogens with two attached hydrogens (primary N) is 1. The van der Waals surface area contributed by atoms with Crippen LogP contribution in [0.4, 0.5) is 0 Å². The van der Waals surface area contributed by atoms with Gasteiger partial charge in [0.1, 0.15) is 5.75 Å². The highest BCUT2D eigenvalue weighted by Crippen LogP contribution is 2.13. The van der Waals surface area contributed by atoms with Crippen molar-refractivity contribution in [1.82, 2.24) is 0 Å². The van der Waals surface area contributed by atoms with Crippen molar-refractivity contribution < 1.29 is 5.11 Å². The normalized spacial score (nSPS) is 10.1. The van der Waals surface area contributed by atoms with Gasteiger partial charge in [-0.05, 0) is 41.2 Å². The van der Waals surface area contributed by atoms with Crippen molar-refractivity contribution in [1.29, 1.82) is 0 Å². The van der Waals surface area contributed by atoms with E-state index in [2.05, 4.69) is 51.9 Å². The van der Waals surface area contributed by atoms with Crippen LogP contribution < -0.4 is 5.84 Å². The van der Waals surface area contributed by atoms with Gasteiger partial charge in [-0.2, -0.15) is 5.10 Å². The molecule has 2 aromatic carbocycles. The van der Waals surface area contributed by atoms with E-state index in [0.717, 1.165) is 18.4 Å². The van der Waals surface area contributed by atoms with E-state index in [4.69, 9.17) is 10.9 Å². The SMILES string of the molecule is CC(C)c1ccc(/C=N/N)cc1.CCCCC.CCCc1ccc(O)cc1. The number of benzene rings is 2. The number of phenolic OH excluding ortho intramolecular Hbond substituents is 1. The van der Waals surface area contributed by atoms with E-state index in [0.29, 0.717) is 11.7 Å². The van der Waals surface area contributed by atoms with E-state index < -0.39 is 0 Å². The van der Waals surface area contributed by atoms with Crippen LogP contribution in [-0.4, -0.2) is 11.3 Å². The van der Waals surface area contributed by atoms with Gasteiger partial charge in [0.2, 0.25) is 0 Å². The van der Waals surface area contributed by atoms with Crippen LogP contribution in [-0.2, 0) is 6.42 Å². The number of hydrogen-bond acceptors (Lipinski definition) is 3. The van der Waals surface area contributed by atoms with Gasteiger partial charge in [-0.25, -0.2) is 0 Å². The van der Waals surface area contributed by atoms with Gasteiger partial charge in [0.15, 0.2) is 0 Å². The van der Waals surface area contributed by atoms with Crippen LogP contribution in [0.1, 0.15) is 82.9 Å². The van der Waals surface area contributed by atoms with E-state index in [9.17, 15) is 0 Å². The van der Waals surface area contributed by atoms with E-state index in [-0.39, 0.29) is 0 Å². The number of phenols is 1. The Hall–Kier alpha value is -2.29. The van der Waals surface area contributed by atoms with Crippen molar-refractivity contribution >= 4 is 6.21 Å². The molecule has 0 spiro atoms. The largest absolute Gasteiger partial charge is 0.508 e. The number of rotatable bonds is 6. The second kappa shape index (κ2) is 15.9. The lowest BCUT2D eigenvalue weighted by Gasteiger charge is -2.03. The van der Waals surface area contributed by atoms with Crippen molar-refractivity contribution in [3.05, 3.63) is 65.2 Å². The van der Waals surface area contributed by atoms with Gasteiger partial charge < -0.3 is 10.9 Å². The van der Waals surface area contributed by atoms with Crippen LogP contribution >= 0.6 is 0 Å². The molecule has 27 heavy (non-hydrogen) atoms. The maximum absolute atomic E-state index is 8.92. The minimum absolute atomic E-state index is 0.347. The molecule has 3 N–H and O–H groups in total. The third kappa shape index (κ3) is 12.7. The number of nitrogens with zero attached hydrogens (tertiary/aromatic N) is 1. The Morgan fingerprint density at radius 2 is 1.44 bits per heavy atom.